The lowest BCUT2D eigenvalue weighted by atomic mass is 9.77. The summed E-state index contributed by atoms with van der Waals surface area (Å²) in [5.41, 5.74) is 5.10. The smallest absolute Gasteiger partial charge is 0.324 e. The summed E-state index contributed by atoms with van der Waals surface area (Å²) in [4.78, 5) is 37.3. The van der Waals surface area contributed by atoms with E-state index in [4.69, 9.17) is 16.3 Å². The first kappa shape index (κ1) is 23.4. The van der Waals surface area contributed by atoms with Crippen LogP contribution in [0, 0.1) is 34.5 Å². The molecular weight excluding hydrogens is 420 g/mol. The van der Waals surface area contributed by atoms with Crippen LogP contribution >= 0.6 is 11.6 Å². The number of nitrogens with one attached hydrogen (secondary N) is 2. The molecule has 2 amide bonds. The molecular formula is C22H19ClN4O4. The van der Waals surface area contributed by atoms with E-state index in [0.29, 0.717) is 16.1 Å². The molecule has 0 heterocycles. The van der Waals surface area contributed by atoms with Crippen molar-refractivity contribution in [2.24, 2.45) is 11.8 Å². The molecule has 0 spiro atoms. The molecule has 2 aromatic carbocycles. The molecule has 0 saturated heterocycles. The highest BCUT2D eigenvalue weighted by molar-refractivity contribution is 6.30. The Morgan fingerprint density at radius 3 is 2.13 bits per heavy atom. The van der Waals surface area contributed by atoms with E-state index in [9.17, 15) is 24.9 Å². The van der Waals surface area contributed by atoms with Crippen LogP contribution in [0.25, 0.3) is 0 Å². The highest BCUT2D eigenvalue weighted by Crippen LogP contribution is 2.34. The number of esters is 1. The van der Waals surface area contributed by atoms with Gasteiger partial charge in [0.05, 0.1) is 18.7 Å². The molecule has 8 nitrogen and oxygen atoms in total. The Kier molecular flexibility index (Phi) is 8.56. The summed E-state index contributed by atoms with van der Waals surface area (Å²) >= 11 is 5.91. The third-order valence-electron chi connectivity index (χ3n) is 4.41. The summed E-state index contributed by atoms with van der Waals surface area (Å²) in [6.45, 7) is 1.61. The lowest BCUT2D eigenvalue weighted by molar-refractivity contribution is -0.147. The van der Waals surface area contributed by atoms with Gasteiger partial charge in [0.15, 0.2) is 5.92 Å². The predicted molar refractivity (Wildman–Crippen MR) is 111 cm³/mol. The zero-order valence-corrected chi connectivity index (χ0v) is 17.3. The van der Waals surface area contributed by atoms with Crippen molar-refractivity contribution in [3.8, 4) is 12.1 Å². The van der Waals surface area contributed by atoms with Gasteiger partial charge in [0.2, 0.25) is 0 Å². The van der Waals surface area contributed by atoms with Crippen LogP contribution in [0.1, 0.15) is 28.8 Å². The fraction of sp³-hybridized carbons (Fsp3) is 0.227. The number of carbonyl (C=O) groups excluding carboxylic acids is 3. The van der Waals surface area contributed by atoms with E-state index in [1.165, 1.54) is 24.3 Å². The SMILES string of the molecule is CCOC(=O)C(C#N)C(c1ccc(Cl)cc1)C(C#N)C(=O)NNC(=O)c1ccccc1. The highest BCUT2D eigenvalue weighted by Gasteiger charge is 2.40. The number of carbonyl (C=O) groups is 3. The standard InChI is InChI=1S/C22H19ClN4O4/c1-2-31-22(30)18(13-25)19(14-8-10-16(23)11-9-14)17(12-24)21(29)27-26-20(28)15-6-4-3-5-7-15/h3-11,17-19H,2H2,1H3,(H,26,28)(H,27,29). The van der Waals surface area contributed by atoms with Crippen LogP contribution in [0.4, 0.5) is 0 Å². The van der Waals surface area contributed by atoms with E-state index < -0.39 is 35.5 Å². The Balaban J connectivity index is 2.31. The van der Waals surface area contributed by atoms with Crippen LogP contribution in [0.2, 0.25) is 5.02 Å². The summed E-state index contributed by atoms with van der Waals surface area (Å²) in [6.07, 6.45) is 0. The Morgan fingerprint density at radius 1 is 0.968 bits per heavy atom. The van der Waals surface area contributed by atoms with E-state index in [2.05, 4.69) is 10.9 Å². The Labute approximate surface area is 184 Å². The highest BCUT2D eigenvalue weighted by atomic mass is 35.5. The van der Waals surface area contributed by atoms with Gasteiger partial charge >= 0.3 is 5.97 Å². The van der Waals surface area contributed by atoms with Crippen molar-refractivity contribution < 1.29 is 19.1 Å². The van der Waals surface area contributed by atoms with Crippen LogP contribution in [0.3, 0.4) is 0 Å². The van der Waals surface area contributed by atoms with Gasteiger partial charge in [-0.2, -0.15) is 10.5 Å². The van der Waals surface area contributed by atoms with Crippen molar-refractivity contribution in [3.05, 3.63) is 70.7 Å². The largest absolute Gasteiger partial charge is 0.465 e. The molecule has 31 heavy (non-hydrogen) atoms. The quantitative estimate of drug-likeness (QED) is 0.504. The summed E-state index contributed by atoms with van der Waals surface area (Å²) in [7, 11) is 0. The molecule has 158 valence electrons. The minimum absolute atomic E-state index is 0.0287. The molecule has 0 aromatic heterocycles. The van der Waals surface area contributed by atoms with Gasteiger partial charge in [0.1, 0.15) is 5.92 Å². The number of halogens is 1. The minimum atomic E-state index is -1.48. The topological polar surface area (TPSA) is 132 Å². The number of benzene rings is 2. The maximum atomic E-state index is 12.8. The number of nitriles is 2. The first-order chi connectivity index (χ1) is 14.9. The second kappa shape index (κ2) is 11.3. The maximum absolute atomic E-state index is 12.8. The van der Waals surface area contributed by atoms with Gasteiger partial charge in [0, 0.05) is 16.5 Å². The first-order valence-corrected chi connectivity index (χ1v) is 9.67. The van der Waals surface area contributed by atoms with E-state index >= 15 is 0 Å². The molecule has 2 N–H and O–H groups in total. The third-order valence-corrected chi connectivity index (χ3v) is 4.66. The van der Waals surface area contributed by atoms with Crippen molar-refractivity contribution in [2.75, 3.05) is 6.61 Å². The number of amides is 2. The molecule has 0 saturated carbocycles. The van der Waals surface area contributed by atoms with E-state index in [1.807, 2.05) is 12.1 Å². The van der Waals surface area contributed by atoms with Crippen molar-refractivity contribution in [3.63, 3.8) is 0 Å². The molecule has 0 aliphatic carbocycles. The summed E-state index contributed by atoms with van der Waals surface area (Å²) in [6, 6.07) is 17.9. The molecule has 0 aliphatic heterocycles. The molecule has 0 aliphatic rings. The Bertz CT molecular complexity index is 1010. The lowest BCUT2D eigenvalue weighted by Gasteiger charge is -2.25. The van der Waals surface area contributed by atoms with Gasteiger partial charge in [-0.1, -0.05) is 41.9 Å². The van der Waals surface area contributed by atoms with Crippen LogP contribution in [-0.2, 0) is 14.3 Å². The predicted octanol–water partition coefficient (Wildman–Crippen LogP) is 2.73. The number of nitrogens with zero attached hydrogens (tertiary/aromatic N) is 2. The zero-order valence-electron chi connectivity index (χ0n) is 16.5. The first-order valence-electron chi connectivity index (χ1n) is 9.29. The molecule has 2 rings (SSSR count). The third kappa shape index (κ3) is 6.05. The normalized spacial score (nSPS) is 12.9. The molecule has 3 unspecified atom stereocenters. The second-order valence-corrected chi connectivity index (χ2v) is 6.79. The average Bonchev–Trinajstić information content (AvgIpc) is 2.78. The van der Waals surface area contributed by atoms with Crippen molar-refractivity contribution in [1.29, 1.82) is 10.5 Å². The van der Waals surface area contributed by atoms with Gasteiger partial charge in [-0.05, 0) is 36.8 Å². The fourth-order valence-corrected chi connectivity index (χ4v) is 3.06. The van der Waals surface area contributed by atoms with E-state index in [1.54, 1.807) is 37.3 Å². The second-order valence-electron chi connectivity index (χ2n) is 6.35. The monoisotopic (exact) mass is 438 g/mol. The van der Waals surface area contributed by atoms with Crippen molar-refractivity contribution in [1.82, 2.24) is 10.9 Å². The molecule has 0 radical (unpaired) electrons. The van der Waals surface area contributed by atoms with Gasteiger partial charge in [-0.25, -0.2) is 0 Å². The summed E-state index contributed by atoms with van der Waals surface area (Å²) in [5, 5.41) is 19.7. The van der Waals surface area contributed by atoms with E-state index in [-0.39, 0.29) is 6.61 Å². The van der Waals surface area contributed by atoms with E-state index in [0.717, 1.165) is 0 Å². The van der Waals surface area contributed by atoms with Crippen LogP contribution in [0.15, 0.2) is 54.6 Å². The molecule has 3 atom stereocenters. The van der Waals surface area contributed by atoms with Crippen LogP contribution < -0.4 is 10.9 Å². The maximum Gasteiger partial charge on any atom is 0.324 e. The number of hydrogen-bond donors (Lipinski definition) is 2. The summed E-state index contributed by atoms with van der Waals surface area (Å²) in [5.74, 6) is -6.38. The van der Waals surface area contributed by atoms with Crippen molar-refractivity contribution >= 4 is 29.4 Å². The van der Waals surface area contributed by atoms with Crippen LogP contribution in [0.5, 0.6) is 0 Å². The van der Waals surface area contributed by atoms with Gasteiger partial charge in [-0.3, -0.25) is 25.2 Å². The number of hydrogen-bond acceptors (Lipinski definition) is 6. The van der Waals surface area contributed by atoms with Gasteiger partial charge < -0.3 is 4.74 Å². The number of ether oxygens (including phenoxy) is 1. The Hall–Kier alpha value is -3.88. The van der Waals surface area contributed by atoms with Crippen LogP contribution in [-0.4, -0.2) is 24.4 Å². The molecule has 0 bridgehead atoms. The molecule has 2 aromatic rings. The molecule has 9 heteroatoms. The summed E-state index contributed by atoms with van der Waals surface area (Å²) < 4.78 is 4.95. The lowest BCUT2D eigenvalue weighted by Crippen LogP contribution is -2.46. The van der Waals surface area contributed by atoms with Crippen molar-refractivity contribution in [2.45, 2.75) is 12.8 Å². The van der Waals surface area contributed by atoms with Gasteiger partial charge in [0.25, 0.3) is 11.8 Å². The Morgan fingerprint density at radius 2 is 1.58 bits per heavy atom. The minimum Gasteiger partial charge on any atom is -0.465 e. The average molecular weight is 439 g/mol. The number of hydrazine groups is 1. The fourth-order valence-electron chi connectivity index (χ4n) is 2.93. The molecule has 0 fully saturated rings. The van der Waals surface area contributed by atoms with Gasteiger partial charge in [-0.15, -0.1) is 0 Å². The number of rotatable bonds is 7. The zero-order chi connectivity index (χ0) is 22.8.